The third-order valence-corrected chi connectivity index (χ3v) is 2.60. The molecule has 0 bridgehead atoms. The molecule has 0 aromatic rings. The van der Waals surface area contributed by atoms with Crippen LogP contribution in [-0.4, -0.2) is 67.6 Å². The summed E-state index contributed by atoms with van der Waals surface area (Å²) in [6.45, 7) is 3.53. The highest BCUT2D eigenvalue weighted by molar-refractivity contribution is 5.80. The lowest BCUT2D eigenvalue weighted by atomic mass is 10.0. The van der Waals surface area contributed by atoms with E-state index >= 15 is 0 Å². The number of methoxy groups -OCH3 is 1. The maximum atomic E-state index is 11.7. The normalized spacial score (nSPS) is 15.6. The van der Waals surface area contributed by atoms with Gasteiger partial charge in [0.05, 0.1) is 13.2 Å². The third kappa shape index (κ3) is 6.13. The van der Waals surface area contributed by atoms with E-state index in [1.165, 1.54) is 21.3 Å². The Morgan fingerprint density at radius 1 is 1.42 bits per heavy atom. The van der Waals surface area contributed by atoms with Crippen LogP contribution in [-0.2, 0) is 19.1 Å². The number of aliphatic hydroxyl groups is 2. The summed E-state index contributed by atoms with van der Waals surface area (Å²) in [5, 5.41) is 20.6. The van der Waals surface area contributed by atoms with Crippen molar-refractivity contribution >= 4 is 5.91 Å². The molecule has 0 aliphatic carbocycles. The van der Waals surface area contributed by atoms with Crippen molar-refractivity contribution in [2.75, 3.05) is 28.1 Å². The van der Waals surface area contributed by atoms with Gasteiger partial charge in [0, 0.05) is 14.2 Å². The molecule has 0 aliphatic heterocycles. The molecule has 0 radical (unpaired) electrons. The van der Waals surface area contributed by atoms with E-state index in [1.807, 2.05) is 0 Å². The Morgan fingerprint density at radius 2 is 2.05 bits per heavy atom. The number of aliphatic hydroxyl groups excluding tert-OH is 2. The fraction of sp³-hybridized carbons (Fsp3) is 0.750. The van der Waals surface area contributed by atoms with Crippen molar-refractivity contribution in [2.24, 2.45) is 0 Å². The molecule has 19 heavy (non-hydrogen) atoms. The Kier molecular flexibility index (Phi) is 9.36. The zero-order chi connectivity index (χ0) is 14.8. The number of ether oxygens (including phenoxy) is 2. The molecule has 0 fully saturated rings. The minimum absolute atomic E-state index is 0.0418. The van der Waals surface area contributed by atoms with Crippen LogP contribution < -0.4 is 0 Å². The lowest BCUT2D eigenvalue weighted by molar-refractivity contribution is -0.192. The zero-order valence-electron chi connectivity index (χ0n) is 11.6. The summed E-state index contributed by atoms with van der Waals surface area (Å²) in [4.78, 5) is 16.3. The van der Waals surface area contributed by atoms with Crippen LogP contribution in [0.2, 0.25) is 0 Å². The van der Waals surface area contributed by atoms with Crippen molar-refractivity contribution in [3.8, 4) is 0 Å². The summed E-state index contributed by atoms with van der Waals surface area (Å²) in [6.07, 6.45) is -1.09. The van der Waals surface area contributed by atoms with Crippen molar-refractivity contribution in [2.45, 2.75) is 31.2 Å². The van der Waals surface area contributed by atoms with Crippen molar-refractivity contribution in [3.63, 3.8) is 0 Å². The average Bonchev–Trinajstić information content (AvgIpc) is 2.44. The summed E-state index contributed by atoms with van der Waals surface area (Å²) in [5.41, 5.74) is 0. The summed E-state index contributed by atoms with van der Waals surface area (Å²) >= 11 is 0. The average molecular weight is 277 g/mol. The summed E-state index contributed by atoms with van der Waals surface area (Å²) in [7, 11) is 4.07. The smallest absolute Gasteiger partial charge is 0.277 e. The predicted molar refractivity (Wildman–Crippen MR) is 68.0 cm³/mol. The van der Waals surface area contributed by atoms with Gasteiger partial charge in [-0.15, -0.1) is 6.58 Å². The van der Waals surface area contributed by atoms with Crippen LogP contribution in [0.15, 0.2) is 12.7 Å². The molecule has 1 amide bonds. The number of carbonyl (C=O) groups excluding carboxylic acids is 1. The number of amides is 1. The number of rotatable bonds is 10. The van der Waals surface area contributed by atoms with E-state index in [0.29, 0.717) is 12.8 Å². The summed E-state index contributed by atoms with van der Waals surface area (Å²) in [5.74, 6) is -0.750. The minimum atomic E-state index is -1.63. The van der Waals surface area contributed by atoms with Crippen LogP contribution in [0.5, 0.6) is 0 Å². The standard InChI is InChI=1S/C12H23NO6/c1-5-6-7-9(19-8-17-3)10(14)11(15)12(16)13(2)18-4/h5,9-11,14-15H,1,6-8H2,2-4H3/t9-,10+,11-/m1/s1. The van der Waals surface area contributed by atoms with Crippen molar-refractivity contribution in [1.82, 2.24) is 5.06 Å². The monoisotopic (exact) mass is 277 g/mol. The molecule has 0 saturated carbocycles. The molecule has 3 atom stereocenters. The van der Waals surface area contributed by atoms with Gasteiger partial charge < -0.3 is 19.7 Å². The molecular weight excluding hydrogens is 254 g/mol. The molecular formula is C12H23NO6. The van der Waals surface area contributed by atoms with Gasteiger partial charge in [0.1, 0.15) is 12.9 Å². The van der Waals surface area contributed by atoms with Gasteiger partial charge in [-0.2, -0.15) is 0 Å². The summed E-state index contributed by atoms with van der Waals surface area (Å²) in [6, 6.07) is 0. The Hall–Kier alpha value is -0.990. The number of hydroxylamine groups is 2. The second-order valence-electron chi connectivity index (χ2n) is 3.93. The van der Waals surface area contributed by atoms with Crippen LogP contribution in [0.1, 0.15) is 12.8 Å². The first-order valence-corrected chi connectivity index (χ1v) is 5.88. The van der Waals surface area contributed by atoms with Gasteiger partial charge in [-0.05, 0) is 12.8 Å². The molecule has 0 rings (SSSR count). The molecule has 0 aliphatic rings. The molecule has 7 nitrogen and oxygen atoms in total. The van der Waals surface area contributed by atoms with Gasteiger partial charge in [-0.3, -0.25) is 9.63 Å². The van der Waals surface area contributed by atoms with E-state index in [1.54, 1.807) is 6.08 Å². The second-order valence-corrected chi connectivity index (χ2v) is 3.93. The highest BCUT2D eigenvalue weighted by Crippen LogP contribution is 2.13. The van der Waals surface area contributed by atoms with Crippen LogP contribution >= 0.6 is 0 Å². The van der Waals surface area contributed by atoms with Crippen LogP contribution in [0, 0.1) is 0 Å². The van der Waals surface area contributed by atoms with E-state index in [4.69, 9.17) is 9.47 Å². The van der Waals surface area contributed by atoms with Crippen molar-refractivity contribution < 1.29 is 29.3 Å². The van der Waals surface area contributed by atoms with Crippen LogP contribution in [0.4, 0.5) is 0 Å². The molecule has 7 heteroatoms. The van der Waals surface area contributed by atoms with Crippen molar-refractivity contribution in [3.05, 3.63) is 12.7 Å². The first-order valence-electron chi connectivity index (χ1n) is 5.88. The van der Waals surface area contributed by atoms with E-state index in [-0.39, 0.29) is 6.79 Å². The highest BCUT2D eigenvalue weighted by Gasteiger charge is 2.33. The molecule has 0 spiro atoms. The topological polar surface area (TPSA) is 88.5 Å². The first kappa shape index (κ1) is 18.0. The Morgan fingerprint density at radius 3 is 2.53 bits per heavy atom. The molecule has 0 unspecified atom stereocenters. The third-order valence-electron chi connectivity index (χ3n) is 2.60. The molecule has 2 N–H and O–H groups in total. The Balaban J connectivity index is 4.60. The zero-order valence-corrected chi connectivity index (χ0v) is 11.6. The van der Waals surface area contributed by atoms with Gasteiger partial charge in [0.2, 0.25) is 0 Å². The number of carbonyl (C=O) groups is 1. The molecule has 0 aromatic carbocycles. The fourth-order valence-corrected chi connectivity index (χ4v) is 1.42. The maximum absolute atomic E-state index is 11.7. The Labute approximate surface area is 113 Å². The molecule has 112 valence electrons. The van der Waals surface area contributed by atoms with E-state index in [0.717, 1.165) is 5.06 Å². The van der Waals surface area contributed by atoms with Crippen LogP contribution in [0.25, 0.3) is 0 Å². The maximum Gasteiger partial charge on any atom is 0.277 e. The number of likely N-dealkylation sites (N-methyl/N-ethyl adjacent to an activating group) is 1. The predicted octanol–water partition coefficient (Wildman–Crippen LogP) is -0.317. The highest BCUT2D eigenvalue weighted by atomic mass is 16.7. The van der Waals surface area contributed by atoms with Gasteiger partial charge in [0.15, 0.2) is 6.10 Å². The number of hydrogen-bond acceptors (Lipinski definition) is 6. The van der Waals surface area contributed by atoms with E-state index < -0.39 is 24.2 Å². The summed E-state index contributed by atoms with van der Waals surface area (Å²) < 4.78 is 10.00. The SMILES string of the molecule is C=CCC[C@@H](OCOC)[C@H](O)[C@@H](O)C(=O)N(C)OC. The molecule has 0 heterocycles. The molecule has 0 saturated heterocycles. The van der Waals surface area contributed by atoms with Gasteiger partial charge in [0.25, 0.3) is 5.91 Å². The van der Waals surface area contributed by atoms with E-state index in [2.05, 4.69) is 11.4 Å². The Bertz CT molecular complexity index is 273. The second kappa shape index (κ2) is 9.88. The quantitative estimate of drug-likeness (QED) is 0.323. The number of hydrogen-bond donors (Lipinski definition) is 2. The van der Waals surface area contributed by atoms with Crippen molar-refractivity contribution in [1.29, 1.82) is 0 Å². The van der Waals surface area contributed by atoms with Gasteiger partial charge in [-0.25, -0.2) is 5.06 Å². The number of nitrogens with zero attached hydrogens (tertiary/aromatic N) is 1. The lowest BCUT2D eigenvalue weighted by Crippen LogP contribution is -2.48. The lowest BCUT2D eigenvalue weighted by Gasteiger charge is -2.27. The molecule has 0 aromatic heterocycles. The van der Waals surface area contributed by atoms with Gasteiger partial charge >= 0.3 is 0 Å². The van der Waals surface area contributed by atoms with Gasteiger partial charge in [-0.1, -0.05) is 6.08 Å². The van der Waals surface area contributed by atoms with E-state index in [9.17, 15) is 15.0 Å². The minimum Gasteiger partial charge on any atom is -0.387 e. The largest absolute Gasteiger partial charge is 0.387 e. The first-order chi connectivity index (χ1) is 8.99. The number of allylic oxidation sites excluding steroid dienone is 1. The van der Waals surface area contributed by atoms with Crippen LogP contribution in [0.3, 0.4) is 0 Å². The fourth-order valence-electron chi connectivity index (χ4n) is 1.42.